The van der Waals surface area contributed by atoms with Gasteiger partial charge in [0, 0.05) is 29.3 Å². The lowest BCUT2D eigenvalue weighted by Gasteiger charge is -2.18. The predicted octanol–water partition coefficient (Wildman–Crippen LogP) is 2.73. The van der Waals surface area contributed by atoms with Gasteiger partial charge in [0.1, 0.15) is 12.4 Å². The third kappa shape index (κ3) is 3.10. The number of likely N-dealkylation sites (N-methyl/N-ethyl adjacent to an activating group) is 1. The molecule has 0 radical (unpaired) electrons. The highest BCUT2D eigenvalue weighted by atomic mass is 32.1. The van der Waals surface area contributed by atoms with Crippen LogP contribution in [0.3, 0.4) is 0 Å². The smallest absolute Gasteiger partial charge is 0.323 e. The molecule has 0 aliphatic heterocycles. The molecule has 5 nitrogen and oxygen atoms in total. The van der Waals surface area contributed by atoms with Gasteiger partial charge in [-0.25, -0.2) is 4.39 Å². The Morgan fingerprint density at radius 1 is 1.41 bits per heavy atom. The van der Waals surface area contributed by atoms with Gasteiger partial charge in [0.25, 0.3) is 5.91 Å². The molecule has 1 aromatic heterocycles. The molecule has 1 heterocycles. The van der Waals surface area contributed by atoms with Crippen LogP contribution in [0.1, 0.15) is 22.2 Å². The monoisotopic (exact) mass is 325 g/mol. The van der Waals surface area contributed by atoms with E-state index in [9.17, 15) is 14.0 Å². The number of halogens is 1. The lowest BCUT2D eigenvalue weighted by atomic mass is 10.1. The first-order valence-electron chi connectivity index (χ1n) is 6.69. The molecule has 2 aromatic rings. The molecule has 1 aromatic carbocycles. The van der Waals surface area contributed by atoms with Gasteiger partial charge in [-0.3, -0.25) is 9.59 Å². The van der Waals surface area contributed by atoms with Crippen LogP contribution in [0.2, 0.25) is 0 Å². The van der Waals surface area contributed by atoms with E-state index in [0.717, 1.165) is 11.3 Å². The van der Waals surface area contributed by atoms with Crippen LogP contribution in [0.25, 0.3) is 10.1 Å². The number of amides is 1. The molecule has 2 rings (SSSR count). The first kappa shape index (κ1) is 16.4. The Bertz CT molecular complexity index is 713. The number of rotatable bonds is 6. The number of carboxylic acids is 1. The van der Waals surface area contributed by atoms with Gasteiger partial charge in [0.15, 0.2) is 0 Å². The van der Waals surface area contributed by atoms with Crippen LogP contribution in [-0.2, 0) is 16.1 Å². The molecule has 0 fully saturated rings. The summed E-state index contributed by atoms with van der Waals surface area (Å²) < 4.78 is 19.8. The Hall–Kier alpha value is -1.99. The number of hydrogen-bond acceptors (Lipinski definition) is 4. The van der Waals surface area contributed by atoms with Crippen molar-refractivity contribution in [3.8, 4) is 0 Å². The molecule has 0 saturated heterocycles. The second-order valence-electron chi connectivity index (χ2n) is 4.67. The van der Waals surface area contributed by atoms with Gasteiger partial charge in [0.2, 0.25) is 0 Å². The Morgan fingerprint density at radius 2 is 2.14 bits per heavy atom. The molecule has 7 heteroatoms. The number of carboxylic acid groups (broad SMARTS) is 1. The maximum Gasteiger partial charge on any atom is 0.323 e. The van der Waals surface area contributed by atoms with Crippen molar-refractivity contribution in [1.82, 2.24) is 4.90 Å². The first-order valence-corrected chi connectivity index (χ1v) is 7.51. The number of hydrogen-bond donors (Lipinski definition) is 1. The van der Waals surface area contributed by atoms with Crippen LogP contribution in [-0.4, -0.2) is 42.1 Å². The number of ether oxygens (including phenoxy) is 1. The van der Waals surface area contributed by atoms with E-state index < -0.39 is 24.2 Å². The van der Waals surface area contributed by atoms with Crippen LogP contribution >= 0.6 is 11.3 Å². The van der Waals surface area contributed by atoms with Gasteiger partial charge in [0.05, 0.1) is 11.5 Å². The van der Waals surface area contributed by atoms with Crippen molar-refractivity contribution in [2.24, 2.45) is 0 Å². The van der Waals surface area contributed by atoms with Crippen molar-refractivity contribution in [2.45, 2.75) is 13.5 Å². The summed E-state index contributed by atoms with van der Waals surface area (Å²) in [6, 6.07) is 4.64. The number of carbonyl (C=O) groups excluding carboxylic acids is 1. The Labute approximate surface area is 130 Å². The predicted molar refractivity (Wildman–Crippen MR) is 81.7 cm³/mol. The largest absolute Gasteiger partial charge is 0.480 e. The van der Waals surface area contributed by atoms with Gasteiger partial charge >= 0.3 is 5.97 Å². The van der Waals surface area contributed by atoms with E-state index in [1.165, 1.54) is 18.1 Å². The molecule has 22 heavy (non-hydrogen) atoms. The number of thiophene rings is 1. The molecule has 1 N–H and O–H groups in total. The Kier molecular flexibility index (Phi) is 5.10. The van der Waals surface area contributed by atoms with Crippen molar-refractivity contribution in [1.29, 1.82) is 0 Å². The number of fused-ring (bicyclic) bond motifs is 1. The summed E-state index contributed by atoms with van der Waals surface area (Å²) in [7, 11) is 1.47. The number of aliphatic carboxylic acids is 1. The van der Waals surface area contributed by atoms with Crippen molar-refractivity contribution in [3.05, 3.63) is 34.5 Å². The number of carbonyl (C=O) groups is 2. The van der Waals surface area contributed by atoms with Crippen molar-refractivity contribution in [3.63, 3.8) is 0 Å². The third-order valence-electron chi connectivity index (χ3n) is 3.24. The maximum atomic E-state index is 14.1. The van der Waals surface area contributed by atoms with Crippen LogP contribution in [0.5, 0.6) is 0 Å². The lowest BCUT2D eigenvalue weighted by molar-refractivity contribution is -0.137. The SMILES string of the molecule is CCN(CC(=O)O)C(=O)c1sc2cccc(F)c2c1COC. The zero-order chi connectivity index (χ0) is 16.3. The van der Waals surface area contributed by atoms with E-state index in [1.54, 1.807) is 19.1 Å². The van der Waals surface area contributed by atoms with Crippen LogP contribution in [0.4, 0.5) is 4.39 Å². The fraction of sp³-hybridized carbons (Fsp3) is 0.333. The average Bonchev–Trinajstić information content (AvgIpc) is 2.84. The van der Waals surface area contributed by atoms with Crippen LogP contribution < -0.4 is 0 Å². The van der Waals surface area contributed by atoms with E-state index in [-0.39, 0.29) is 13.2 Å². The highest BCUT2D eigenvalue weighted by Crippen LogP contribution is 2.34. The maximum absolute atomic E-state index is 14.1. The molecule has 118 valence electrons. The summed E-state index contributed by atoms with van der Waals surface area (Å²) in [4.78, 5) is 25.0. The summed E-state index contributed by atoms with van der Waals surface area (Å²) in [5.41, 5.74) is 0.467. The van der Waals surface area contributed by atoms with Gasteiger partial charge in [-0.15, -0.1) is 11.3 Å². The zero-order valence-corrected chi connectivity index (χ0v) is 13.1. The molecule has 0 aliphatic carbocycles. The van der Waals surface area contributed by atoms with Crippen molar-refractivity contribution >= 4 is 33.3 Å². The molecule has 0 atom stereocenters. The van der Waals surface area contributed by atoms with Gasteiger partial charge in [-0.1, -0.05) is 6.07 Å². The highest BCUT2D eigenvalue weighted by Gasteiger charge is 2.25. The highest BCUT2D eigenvalue weighted by molar-refractivity contribution is 7.21. The minimum atomic E-state index is -1.09. The quantitative estimate of drug-likeness (QED) is 0.887. The first-order chi connectivity index (χ1) is 10.5. The van der Waals surface area contributed by atoms with Gasteiger partial charge < -0.3 is 14.7 Å². The Morgan fingerprint density at radius 3 is 2.73 bits per heavy atom. The second kappa shape index (κ2) is 6.85. The minimum Gasteiger partial charge on any atom is -0.480 e. The van der Waals surface area contributed by atoms with E-state index in [1.807, 2.05) is 0 Å². The number of nitrogens with zero attached hydrogens (tertiary/aromatic N) is 1. The number of benzene rings is 1. The molecule has 1 amide bonds. The summed E-state index contributed by atoms with van der Waals surface area (Å²) in [6.45, 7) is 1.66. The lowest BCUT2D eigenvalue weighted by Crippen LogP contribution is -2.35. The molecule has 0 aliphatic rings. The zero-order valence-electron chi connectivity index (χ0n) is 12.3. The summed E-state index contributed by atoms with van der Waals surface area (Å²) >= 11 is 1.15. The van der Waals surface area contributed by atoms with E-state index in [4.69, 9.17) is 9.84 Å². The Balaban J connectivity index is 2.54. The molecule has 0 bridgehead atoms. The molecule has 0 spiro atoms. The van der Waals surface area contributed by atoms with E-state index >= 15 is 0 Å². The topological polar surface area (TPSA) is 66.8 Å². The number of methoxy groups -OCH3 is 1. The summed E-state index contributed by atoms with van der Waals surface area (Å²) in [5, 5.41) is 9.26. The molecule has 0 unspecified atom stereocenters. The van der Waals surface area contributed by atoms with Crippen LogP contribution in [0.15, 0.2) is 18.2 Å². The van der Waals surface area contributed by atoms with Gasteiger partial charge in [-0.2, -0.15) is 0 Å². The minimum absolute atomic E-state index is 0.0899. The standard InChI is InChI=1S/C15H16FNO4S/c1-3-17(7-12(18)19)15(20)14-9(8-21-2)13-10(16)5-4-6-11(13)22-14/h4-6H,3,7-8H2,1-2H3,(H,18,19). The molecular formula is C15H16FNO4S. The normalized spacial score (nSPS) is 10.9. The third-order valence-corrected chi connectivity index (χ3v) is 4.43. The summed E-state index contributed by atoms with van der Waals surface area (Å²) in [5.74, 6) is -1.92. The van der Waals surface area contributed by atoms with E-state index in [0.29, 0.717) is 20.5 Å². The second-order valence-corrected chi connectivity index (χ2v) is 5.72. The average molecular weight is 325 g/mol. The van der Waals surface area contributed by atoms with Crippen molar-refractivity contribution < 1.29 is 23.8 Å². The fourth-order valence-corrected chi connectivity index (χ4v) is 3.45. The van der Waals surface area contributed by atoms with Crippen molar-refractivity contribution in [2.75, 3.05) is 20.2 Å². The molecular weight excluding hydrogens is 309 g/mol. The van der Waals surface area contributed by atoms with E-state index in [2.05, 4.69) is 0 Å². The fourth-order valence-electron chi connectivity index (χ4n) is 2.26. The summed E-state index contributed by atoms with van der Waals surface area (Å²) in [6.07, 6.45) is 0. The van der Waals surface area contributed by atoms with Crippen LogP contribution in [0, 0.1) is 5.82 Å². The molecule has 0 saturated carbocycles. The van der Waals surface area contributed by atoms with Gasteiger partial charge in [-0.05, 0) is 19.1 Å².